The molecule has 1 heterocycles. The van der Waals surface area contributed by atoms with Crippen molar-refractivity contribution >= 4 is 11.6 Å². The Hall–Kier alpha value is -1.36. The molecule has 2 N–H and O–H groups in total. The molecule has 2 rings (SSSR count). The Labute approximate surface area is 121 Å². The molecular formula is C15H26N4O. The second kappa shape index (κ2) is 6.88. The zero-order valence-corrected chi connectivity index (χ0v) is 12.9. The summed E-state index contributed by atoms with van der Waals surface area (Å²) in [6.45, 7) is 6.56. The van der Waals surface area contributed by atoms with Crippen molar-refractivity contribution in [1.29, 1.82) is 0 Å². The summed E-state index contributed by atoms with van der Waals surface area (Å²) in [6.07, 6.45) is 4.55. The largest absolute Gasteiger partial charge is 0.383 e. The number of nitrogen functional groups attached to an aromatic ring is 1. The normalized spacial score (nSPS) is 14.6. The molecule has 0 saturated heterocycles. The van der Waals surface area contributed by atoms with E-state index in [0.29, 0.717) is 5.82 Å². The number of aromatic nitrogens is 2. The van der Waals surface area contributed by atoms with Crippen LogP contribution in [0.1, 0.15) is 37.6 Å². The van der Waals surface area contributed by atoms with Gasteiger partial charge in [-0.2, -0.15) is 0 Å². The third-order valence-electron chi connectivity index (χ3n) is 3.66. The van der Waals surface area contributed by atoms with Crippen LogP contribution in [-0.2, 0) is 11.2 Å². The van der Waals surface area contributed by atoms with Crippen LogP contribution in [0, 0.1) is 12.8 Å². The highest BCUT2D eigenvalue weighted by molar-refractivity contribution is 5.56. The standard InChI is InChI=1S/C15H26N4O/c1-4-5-13-17-14(16)11(2)15(18-13)19(3)8-9-20-10-12-6-7-12/h12H,4-10H2,1-3H3,(H2,16,17,18). The van der Waals surface area contributed by atoms with Gasteiger partial charge in [0.15, 0.2) is 0 Å². The van der Waals surface area contributed by atoms with Crippen molar-refractivity contribution in [3.8, 4) is 0 Å². The van der Waals surface area contributed by atoms with Gasteiger partial charge in [0, 0.05) is 32.2 Å². The van der Waals surface area contributed by atoms with Crippen molar-refractivity contribution in [1.82, 2.24) is 9.97 Å². The number of aryl methyl sites for hydroxylation is 1. The van der Waals surface area contributed by atoms with E-state index in [1.807, 2.05) is 14.0 Å². The lowest BCUT2D eigenvalue weighted by Gasteiger charge is -2.21. The molecule has 5 heteroatoms. The highest BCUT2D eigenvalue weighted by atomic mass is 16.5. The molecule has 0 aliphatic heterocycles. The number of rotatable bonds is 8. The van der Waals surface area contributed by atoms with Gasteiger partial charge in [-0.25, -0.2) is 9.97 Å². The molecule has 1 saturated carbocycles. The molecule has 0 atom stereocenters. The molecule has 0 unspecified atom stereocenters. The first kappa shape index (κ1) is 15.0. The smallest absolute Gasteiger partial charge is 0.137 e. The van der Waals surface area contributed by atoms with Gasteiger partial charge < -0.3 is 15.4 Å². The Morgan fingerprint density at radius 1 is 1.35 bits per heavy atom. The SMILES string of the molecule is CCCc1nc(N)c(C)c(N(C)CCOCC2CC2)n1. The summed E-state index contributed by atoms with van der Waals surface area (Å²) in [5, 5.41) is 0. The lowest BCUT2D eigenvalue weighted by atomic mass is 10.2. The van der Waals surface area contributed by atoms with Crippen molar-refractivity contribution in [2.45, 2.75) is 39.5 Å². The number of likely N-dealkylation sites (N-methyl/N-ethyl adjacent to an activating group) is 1. The van der Waals surface area contributed by atoms with E-state index in [1.54, 1.807) is 0 Å². The van der Waals surface area contributed by atoms with Gasteiger partial charge in [-0.3, -0.25) is 0 Å². The monoisotopic (exact) mass is 278 g/mol. The maximum absolute atomic E-state index is 5.98. The zero-order valence-electron chi connectivity index (χ0n) is 12.9. The zero-order chi connectivity index (χ0) is 14.5. The van der Waals surface area contributed by atoms with E-state index in [-0.39, 0.29) is 0 Å². The van der Waals surface area contributed by atoms with Gasteiger partial charge in [-0.05, 0) is 32.1 Å². The third-order valence-corrected chi connectivity index (χ3v) is 3.66. The second-order valence-corrected chi connectivity index (χ2v) is 5.66. The Balaban J connectivity index is 1.93. The van der Waals surface area contributed by atoms with Crippen LogP contribution < -0.4 is 10.6 Å². The number of nitrogens with two attached hydrogens (primary N) is 1. The predicted octanol–water partition coefficient (Wildman–Crippen LogP) is 2.18. The number of hydrogen-bond donors (Lipinski definition) is 1. The maximum atomic E-state index is 5.98. The molecule has 0 aromatic carbocycles. The van der Waals surface area contributed by atoms with Crippen LogP contribution in [0.15, 0.2) is 0 Å². The molecule has 1 aliphatic carbocycles. The lowest BCUT2D eigenvalue weighted by Crippen LogP contribution is -2.26. The van der Waals surface area contributed by atoms with Crippen LogP contribution in [0.2, 0.25) is 0 Å². The van der Waals surface area contributed by atoms with Gasteiger partial charge in [-0.15, -0.1) is 0 Å². The fourth-order valence-electron chi connectivity index (χ4n) is 2.12. The third kappa shape index (κ3) is 4.07. The van der Waals surface area contributed by atoms with Crippen molar-refractivity contribution in [2.75, 3.05) is 37.4 Å². The van der Waals surface area contributed by atoms with E-state index in [0.717, 1.165) is 55.7 Å². The first-order chi connectivity index (χ1) is 9.61. The van der Waals surface area contributed by atoms with Crippen LogP contribution in [0.25, 0.3) is 0 Å². The lowest BCUT2D eigenvalue weighted by molar-refractivity contribution is 0.130. The number of ether oxygens (including phenoxy) is 1. The molecule has 20 heavy (non-hydrogen) atoms. The molecule has 1 fully saturated rings. The minimum absolute atomic E-state index is 0.587. The highest BCUT2D eigenvalue weighted by Crippen LogP contribution is 2.28. The summed E-state index contributed by atoms with van der Waals surface area (Å²) in [5.41, 5.74) is 6.94. The number of nitrogens with zero attached hydrogens (tertiary/aromatic N) is 3. The van der Waals surface area contributed by atoms with Gasteiger partial charge >= 0.3 is 0 Å². The van der Waals surface area contributed by atoms with E-state index < -0.39 is 0 Å². The molecule has 112 valence electrons. The van der Waals surface area contributed by atoms with Crippen molar-refractivity contribution in [2.24, 2.45) is 5.92 Å². The van der Waals surface area contributed by atoms with Crippen molar-refractivity contribution < 1.29 is 4.74 Å². The molecule has 0 bridgehead atoms. The fraction of sp³-hybridized carbons (Fsp3) is 0.733. The van der Waals surface area contributed by atoms with Crippen LogP contribution in [-0.4, -0.2) is 36.8 Å². The predicted molar refractivity (Wildman–Crippen MR) is 82.0 cm³/mol. The average molecular weight is 278 g/mol. The van der Waals surface area contributed by atoms with E-state index in [4.69, 9.17) is 10.5 Å². The summed E-state index contributed by atoms with van der Waals surface area (Å²) in [7, 11) is 2.03. The van der Waals surface area contributed by atoms with Crippen LogP contribution in [0.4, 0.5) is 11.6 Å². The number of anilines is 2. The van der Waals surface area contributed by atoms with Gasteiger partial charge in [0.25, 0.3) is 0 Å². The molecule has 0 spiro atoms. The maximum Gasteiger partial charge on any atom is 0.137 e. The minimum atomic E-state index is 0.587. The van der Waals surface area contributed by atoms with E-state index in [9.17, 15) is 0 Å². The summed E-state index contributed by atoms with van der Waals surface area (Å²) >= 11 is 0. The van der Waals surface area contributed by atoms with Gasteiger partial charge in [0.1, 0.15) is 17.5 Å². The Kier molecular flexibility index (Phi) is 5.17. The first-order valence-corrected chi connectivity index (χ1v) is 7.53. The first-order valence-electron chi connectivity index (χ1n) is 7.53. The van der Waals surface area contributed by atoms with Crippen molar-refractivity contribution in [3.63, 3.8) is 0 Å². The second-order valence-electron chi connectivity index (χ2n) is 5.66. The summed E-state index contributed by atoms with van der Waals surface area (Å²) in [4.78, 5) is 11.1. The molecule has 5 nitrogen and oxygen atoms in total. The van der Waals surface area contributed by atoms with Crippen LogP contribution in [0.5, 0.6) is 0 Å². The van der Waals surface area contributed by atoms with Crippen LogP contribution >= 0.6 is 0 Å². The molecule has 0 amide bonds. The highest BCUT2D eigenvalue weighted by Gasteiger charge is 2.21. The van der Waals surface area contributed by atoms with Gasteiger partial charge in [-0.1, -0.05) is 6.92 Å². The molecule has 1 aromatic heterocycles. The Morgan fingerprint density at radius 3 is 2.75 bits per heavy atom. The van der Waals surface area contributed by atoms with E-state index >= 15 is 0 Å². The van der Waals surface area contributed by atoms with Crippen LogP contribution in [0.3, 0.4) is 0 Å². The van der Waals surface area contributed by atoms with Gasteiger partial charge in [0.05, 0.1) is 6.61 Å². The fourth-order valence-corrected chi connectivity index (χ4v) is 2.12. The van der Waals surface area contributed by atoms with Crippen molar-refractivity contribution in [3.05, 3.63) is 11.4 Å². The summed E-state index contributed by atoms with van der Waals surface area (Å²) in [6, 6.07) is 0. The quantitative estimate of drug-likeness (QED) is 0.738. The Bertz CT molecular complexity index is 446. The Morgan fingerprint density at radius 2 is 2.10 bits per heavy atom. The topological polar surface area (TPSA) is 64.3 Å². The molecule has 1 aromatic rings. The van der Waals surface area contributed by atoms with E-state index in [2.05, 4.69) is 21.8 Å². The summed E-state index contributed by atoms with van der Waals surface area (Å²) < 4.78 is 5.68. The molecule has 0 radical (unpaired) electrons. The molecule has 1 aliphatic rings. The van der Waals surface area contributed by atoms with Gasteiger partial charge in [0.2, 0.25) is 0 Å². The average Bonchev–Trinajstić information content (AvgIpc) is 3.23. The van der Waals surface area contributed by atoms with E-state index in [1.165, 1.54) is 12.8 Å². The summed E-state index contributed by atoms with van der Waals surface area (Å²) in [5.74, 6) is 3.16. The number of hydrogen-bond acceptors (Lipinski definition) is 5. The molecular weight excluding hydrogens is 252 g/mol. The minimum Gasteiger partial charge on any atom is -0.383 e.